The van der Waals surface area contributed by atoms with E-state index in [1.807, 2.05) is 18.2 Å². The first-order chi connectivity index (χ1) is 9.68. The Labute approximate surface area is 119 Å². The third-order valence-corrected chi connectivity index (χ3v) is 4.09. The van der Waals surface area contributed by atoms with Crippen molar-refractivity contribution in [1.29, 1.82) is 0 Å². The molecule has 1 aromatic heterocycles. The van der Waals surface area contributed by atoms with Gasteiger partial charge in [-0.15, -0.1) is 0 Å². The molecule has 1 fully saturated rings. The molecule has 1 atom stereocenters. The summed E-state index contributed by atoms with van der Waals surface area (Å²) in [5.74, 6) is 1.48. The van der Waals surface area contributed by atoms with Gasteiger partial charge in [0.15, 0.2) is 5.82 Å². The number of nitrogens with one attached hydrogen (secondary N) is 1. The maximum atomic E-state index is 5.54. The van der Waals surface area contributed by atoms with Crippen molar-refractivity contribution in [3.63, 3.8) is 0 Å². The van der Waals surface area contributed by atoms with Crippen LogP contribution in [0.1, 0.15) is 56.4 Å². The van der Waals surface area contributed by atoms with Gasteiger partial charge in [-0.3, -0.25) is 0 Å². The van der Waals surface area contributed by atoms with Crippen LogP contribution in [-0.4, -0.2) is 16.7 Å². The smallest absolute Gasteiger partial charge is 0.236 e. The number of nitrogens with zero attached hydrogens (tertiary/aromatic N) is 2. The van der Waals surface area contributed by atoms with E-state index in [9.17, 15) is 0 Å². The highest BCUT2D eigenvalue weighted by Crippen LogP contribution is 2.31. The standard InChI is InChI=1S/C16H21N3O/c1-16(2,12-8-4-3-5-9-12)15-18-14(19-20-15)13-10-6-7-11-17-13/h3-5,8-9,13,17H,6-7,10-11H2,1-2H3. The Morgan fingerprint density at radius 2 is 2.00 bits per heavy atom. The van der Waals surface area contributed by atoms with Crippen LogP contribution >= 0.6 is 0 Å². The summed E-state index contributed by atoms with van der Waals surface area (Å²) in [5, 5.41) is 7.64. The van der Waals surface area contributed by atoms with E-state index in [4.69, 9.17) is 4.52 Å². The van der Waals surface area contributed by atoms with E-state index in [2.05, 4.69) is 41.4 Å². The second-order valence-corrected chi connectivity index (χ2v) is 5.95. The van der Waals surface area contributed by atoms with Gasteiger partial charge >= 0.3 is 0 Å². The minimum atomic E-state index is -0.263. The highest BCUT2D eigenvalue weighted by molar-refractivity contribution is 5.29. The normalized spacial score (nSPS) is 20.0. The zero-order chi connectivity index (χ0) is 14.0. The highest BCUT2D eigenvalue weighted by atomic mass is 16.5. The van der Waals surface area contributed by atoms with Crippen molar-refractivity contribution >= 4 is 0 Å². The van der Waals surface area contributed by atoms with Crippen LogP contribution in [0.4, 0.5) is 0 Å². The van der Waals surface area contributed by atoms with Crippen LogP contribution in [0.5, 0.6) is 0 Å². The lowest BCUT2D eigenvalue weighted by atomic mass is 9.84. The van der Waals surface area contributed by atoms with Crippen LogP contribution < -0.4 is 5.32 Å². The zero-order valence-electron chi connectivity index (χ0n) is 12.1. The minimum absolute atomic E-state index is 0.243. The molecule has 106 valence electrons. The summed E-state index contributed by atoms with van der Waals surface area (Å²) in [7, 11) is 0. The van der Waals surface area contributed by atoms with Crippen LogP contribution in [0.25, 0.3) is 0 Å². The fourth-order valence-corrected chi connectivity index (χ4v) is 2.68. The van der Waals surface area contributed by atoms with Crippen molar-refractivity contribution in [1.82, 2.24) is 15.5 Å². The Kier molecular flexibility index (Phi) is 3.57. The molecule has 4 nitrogen and oxygen atoms in total. The van der Waals surface area contributed by atoms with E-state index in [0.717, 1.165) is 18.8 Å². The zero-order valence-corrected chi connectivity index (χ0v) is 12.1. The van der Waals surface area contributed by atoms with Crippen molar-refractivity contribution in [2.75, 3.05) is 6.54 Å². The van der Waals surface area contributed by atoms with Gasteiger partial charge < -0.3 is 9.84 Å². The van der Waals surface area contributed by atoms with Crippen LogP contribution in [0.3, 0.4) is 0 Å². The van der Waals surface area contributed by atoms with Gasteiger partial charge in [0, 0.05) is 0 Å². The van der Waals surface area contributed by atoms with E-state index >= 15 is 0 Å². The Balaban J connectivity index is 1.85. The molecule has 4 heteroatoms. The van der Waals surface area contributed by atoms with E-state index < -0.39 is 0 Å². The molecule has 1 saturated heterocycles. The lowest BCUT2D eigenvalue weighted by Crippen LogP contribution is -2.28. The predicted octanol–water partition coefficient (Wildman–Crippen LogP) is 3.21. The van der Waals surface area contributed by atoms with E-state index in [0.29, 0.717) is 5.89 Å². The van der Waals surface area contributed by atoms with Gasteiger partial charge in [0.1, 0.15) is 0 Å². The topological polar surface area (TPSA) is 51.0 Å². The fraction of sp³-hybridized carbons (Fsp3) is 0.500. The van der Waals surface area contributed by atoms with E-state index in [-0.39, 0.29) is 11.5 Å². The molecule has 0 amide bonds. The highest BCUT2D eigenvalue weighted by Gasteiger charge is 2.31. The molecule has 2 aromatic rings. The molecule has 1 unspecified atom stereocenters. The SMILES string of the molecule is CC(C)(c1ccccc1)c1nc(C2CCCCN2)no1. The first kappa shape index (κ1) is 13.3. The first-order valence-electron chi connectivity index (χ1n) is 7.31. The number of hydrogen-bond donors (Lipinski definition) is 1. The largest absolute Gasteiger partial charge is 0.338 e. The lowest BCUT2D eigenvalue weighted by Gasteiger charge is -2.21. The molecule has 2 heterocycles. The molecule has 20 heavy (non-hydrogen) atoms. The average molecular weight is 271 g/mol. The second-order valence-electron chi connectivity index (χ2n) is 5.95. The monoisotopic (exact) mass is 271 g/mol. The number of rotatable bonds is 3. The molecule has 0 radical (unpaired) electrons. The van der Waals surface area contributed by atoms with E-state index in [1.54, 1.807) is 0 Å². The van der Waals surface area contributed by atoms with Gasteiger partial charge in [-0.25, -0.2) is 0 Å². The molecular weight excluding hydrogens is 250 g/mol. The Bertz CT molecular complexity index is 556. The summed E-state index contributed by atoms with van der Waals surface area (Å²) in [6.45, 7) is 5.28. The molecule has 3 rings (SSSR count). The van der Waals surface area contributed by atoms with Gasteiger partial charge in [-0.2, -0.15) is 4.98 Å². The molecule has 0 aliphatic carbocycles. The summed E-state index contributed by atoms with van der Waals surface area (Å²) < 4.78 is 5.54. The lowest BCUT2D eigenvalue weighted by molar-refractivity contribution is 0.320. The fourth-order valence-electron chi connectivity index (χ4n) is 2.68. The number of benzene rings is 1. The van der Waals surface area contributed by atoms with Gasteiger partial charge in [0.05, 0.1) is 11.5 Å². The second kappa shape index (κ2) is 5.37. The molecule has 1 aliphatic rings. The van der Waals surface area contributed by atoms with Crippen LogP contribution in [0.15, 0.2) is 34.9 Å². The number of piperidine rings is 1. The molecule has 0 bridgehead atoms. The maximum absolute atomic E-state index is 5.54. The van der Waals surface area contributed by atoms with Crippen molar-refractivity contribution in [3.8, 4) is 0 Å². The van der Waals surface area contributed by atoms with Crippen LogP contribution in [0.2, 0.25) is 0 Å². The van der Waals surface area contributed by atoms with Crippen LogP contribution in [-0.2, 0) is 5.41 Å². The molecule has 0 saturated carbocycles. The van der Waals surface area contributed by atoms with Crippen molar-refractivity contribution in [2.24, 2.45) is 0 Å². The summed E-state index contributed by atoms with van der Waals surface area (Å²) >= 11 is 0. The van der Waals surface area contributed by atoms with Crippen molar-refractivity contribution in [3.05, 3.63) is 47.6 Å². The summed E-state index contributed by atoms with van der Waals surface area (Å²) in [6, 6.07) is 10.5. The quantitative estimate of drug-likeness (QED) is 0.931. The van der Waals surface area contributed by atoms with Crippen LogP contribution in [0, 0.1) is 0 Å². The van der Waals surface area contributed by atoms with E-state index in [1.165, 1.54) is 18.4 Å². The third-order valence-electron chi connectivity index (χ3n) is 4.09. The number of hydrogen-bond acceptors (Lipinski definition) is 4. The molecule has 1 aliphatic heterocycles. The predicted molar refractivity (Wildman–Crippen MR) is 77.5 cm³/mol. The molecule has 1 aromatic carbocycles. The average Bonchev–Trinajstić information content (AvgIpc) is 3.00. The Morgan fingerprint density at radius 1 is 1.20 bits per heavy atom. The molecule has 0 spiro atoms. The summed E-state index contributed by atoms with van der Waals surface area (Å²) in [6.07, 6.45) is 3.55. The van der Waals surface area contributed by atoms with Gasteiger partial charge in [0.25, 0.3) is 0 Å². The summed E-state index contributed by atoms with van der Waals surface area (Å²) in [4.78, 5) is 4.64. The van der Waals surface area contributed by atoms with Crippen molar-refractivity contribution in [2.45, 2.75) is 44.6 Å². The molecular formula is C16H21N3O. The summed E-state index contributed by atoms with van der Waals surface area (Å²) in [5.41, 5.74) is 0.924. The Morgan fingerprint density at radius 3 is 2.70 bits per heavy atom. The third kappa shape index (κ3) is 2.48. The van der Waals surface area contributed by atoms with Gasteiger partial charge in [0.2, 0.25) is 5.89 Å². The minimum Gasteiger partial charge on any atom is -0.338 e. The van der Waals surface area contributed by atoms with Crippen molar-refractivity contribution < 1.29 is 4.52 Å². The number of aromatic nitrogens is 2. The maximum Gasteiger partial charge on any atom is 0.236 e. The Hall–Kier alpha value is -1.68. The van der Waals surface area contributed by atoms with Gasteiger partial charge in [-0.05, 0) is 38.8 Å². The van der Waals surface area contributed by atoms with Gasteiger partial charge in [-0.1, -0.05) is 41.9 Å². The first-order valence-corrected chi connectivity index (χ1v) is 7.31. The molecule has 1 N–H and O–H groups in total.